The van der Waals surface area contributed by atoms with Crippen LogP contribution in [0.4, 0.5) is 0 Å². The molecule has 0 aromatic heterocycles. The predicted octanol–water partition coefficient (Wildman–Crippen LogP) is 3.76. The number of allylic oxidation sites excluding steroid dienone is 7. The molecule has 14 heteroatoms. The zero-order chi connectivity index (χ0) is 42.5. The minimum atomic E-state index is -1.79. The van der Waals surface area contributed by atoms with Crippen LogP contribution in [0.2, 0.25) is 0 Å². The van der Waals surface area contributed by atoms with Crippen molar-refractivity contribution in [3.63, 3.8) is 0 Å². The van der Waals surface area contributed by atoms with Crippen molar-refractivity contribution in [3.8, 4) is 0 Å². The first kappa shape index (κ1) is 52.1. The Bertz CT molecular complexity index is 1160. The van der Waals surface area contributed by atoms with Gasteiger partial charge in [-0.1, -0.05) is 107 Å². The third-order valence-electron chi connectivity index (χ3n) is 10.4. The quantitative estimate of drug-likeness (QED) is 0.0359. The van der Waals surface area contributed by atoms with E-state index in [9.17, 15) is 45.6 Å². The van der Waals surface area contributed by atoms with Gasteiger partial charge in [-0.3, -0.25) is 4.79 Å². The summed E-state index contributed by atoms with van der Waals surface area (Å²) in [6.07, 6.45) is 17.4. The van der Waals surface area contributed by atoms with Crippen LogP contribution in [-0.4, -0.2) is 140 Å². The third-order valence-corrected chi connectivity index (χ3v) is 10.4. The first-order valence-corrected chi connectivity index (χ1v) is 21.9. The number of aliphatic hydroxyl groups excluding tert-OH is 8. The SMILES string of the molecule is CCC/C=C/CC/C=C/CC/C=C/C(O)C(COC1OC(CO)C(OC2OC(CO)C(O)C(O)C2O)C(O)C1O)NC(=O)CCCCCCC/C=C\CCCCCC. The van der Waals surface area contributed by atoms with Crippen LogP contribution in [0.15, 0.2) is 48.6 Å². The zero-order valence-corrected chi connectivity index (χ0v) is 35.0. The molecule has 0 spiro atoms. The van der Waals surface area contributed by atoms with E-state index in [0.717, 1.165) is 70.6 Å². The highest BCUT2D eigenvalue weighted by molar-refractivity contribution is 5.76. The van der Waals surface area contributed by atoms with Crippen molar-refractivity contribution in [1.82, 2.24) is 5.32 Å². The highest BCUT2D eigenvalue weighted by atomic mass is 16.7. The van der Waals surface area contributed by atoms with Gasteiger partial charge in [-0.15, -0.1) is 0 Å². The van der Waals surface area contributed by atoms with Crippen LogP contribution in [0.1, 0.15) is 129 Å². The van der Waals surface area contributed by atoms with Gasteiger partial charge in [-0.25, -0.2) is 0 Å². The van der Waals surface area contributed by atoms with Gasteiger partial charge >= 0.3 is 0 Å². The molecule has 2 fully saturated rings. The van der Waals surface area contributed by atoms with Gasteiger partial charge in [0.05, 0.1) is 32.0 Å². The Kier molecular flexibility index (Phi) is 28.5. The maximum atomic E-state index is 13.1. The van der Waals surface area contributed by atoms with Gasteiger partial charge < -0.3 is 65.1 Å². The molecule has 2 rings (SSSR count). The van der Waals surface area contributed by atoms with E-state index in [1.165, 1.54) is 25.7 Å². The van der Waals surface area contributed by atoms with Crippen molar-refractivity contribution in [2.24, 2.45) is 0 Å². The first-order chi connectivity index (χ1) is 28.1. The molecule has 14 nitrogen and oxygen atoms in total. The summed E-state index contributed by atoms with van der Waals surface area (Å²) in [5.74, 6) is -0.269. The monoisotopic (exact) mass is 828 g/mol. The molecule has 0 aliphatic carbocycles. The van der Waals surface area contributed by atoms with Crippen LogP contribution in [0, 0.1) is 0 Å². The topological polar surface area (TPSA) is 228 Å². The molecule has 0 saturated carbocycles. The molecule has 0 bridgehead atoms. The number of rotatable bonds is 31. The molecule has 2 heterocycles. The Morgan fingerprint density at radius 2 is 1.14 bits per heavy atom. The molecule has 9 N–H and O–H groups in total. The van der Waals surface area contributed by atoms with Gasteiger partial charge in [-0.2, -0.15) is 0 Å². The number of amides is 1. The van der Waals surface area contributed by atoms with E-state index in [4.69, 9.17) is 18.9 Å². The number of unbranched alkanes of at least 4 members (excludes halogenated alkanes) is 12. The number of ether oxygens (including phenoxy) is 4. The van der Waals surface area contributed by atoms with E-state index in [-0.39, 0.29) is 18.9 Å². The maximum Gasteiger partial charge on any atom is 0.220 e. The summed E-state index contributed by atoms with van der Waals surface area (Å²) < 4.78 is 22.5. The van der Waals surface area contributed by atoms with Crippen LogP contribution in [0.25, 0.3) is 0 Å². The number of carbonyl (C=O) groups is 1. The normalized spacial score (nSPS) is 29.3. The summed E-state index contributed by atoms with van der Waals surface area (Å²) >= 11 is 0. The van der Waals surface area contributed by atoms with Gasteiger partial charge in [0, 0.05) is 6.42 Å². The lowest BCUT2D eigenvalue weighted by atomic mass is 9.97. The molecule has 336 valence electrons. The van der Waals surface area contributed by atoms with Crippen LogP contribution >= 0.6 is 0 Å². The van der Waals surface area contributed by atoms with Crippen molar-refractivity contribution >= 4 is 5.91 Å². The number of carbonyl (C=O) groups excluding carboxylic acids is 1. The summed E-state index contributed by atoms with van der Waals surface area (Å²) in [4.78, 5) is 13.1. The van der Waals surface area contributed by atoms with Gasteiger partial charge in [-0.05, 0) is 64.2 Å². The second-order valence-electron chi connectivity index (χ2n) is 15.4. The van der Waals surface area contributed by atoms with Crippen molar-refractivity contribution in [1.29, 1.82) is 0 Å². The largest absolute Gasteiger partial charge is 0.394 e. The van der Waals surface area contributed by atoms with Crippen molar-refractivity contribution in [2.75, 3.05) is 19.8 Å². The van der Waals surface area contributed by atoms with E-state index in [1.54, 1.807) is 6.08 Å². The Morgan fingerprint density at radius 3 is 1.76 bits per heavy atom. The van der Waals surface area contributed by atoms with Crippen LogP contribution < -0.4 is 5.32 Å². The molecular formula is C44H77NO13. The van der Waals surface area contributed by atoms with Gasteiger partial charge in [0.15, 0.2) is 12.6 Å². The summed E-state index contributed by atoms with van der Waals surface area (Å²) in [7, 11) is 0. The van der Waals surface area contributed by atoms with E-state index in [2.05, 4.69) is 55.6 Å². The van der Waals surface area contributed by atoms with Crippen LogP contribution in [-0.2, 0) is 23.7 Å². The van der Waals surface area contributed by atoms with Gasteiger partial charge in [0.2, 0.25) is 5.91 Å². The average molecular weight is 828 g/mol. The average Bonchev–Trinajstić information content (AvgIpc) is 3.22. The predicted molar refractivity (Wildman–Crippen MR) is 221 cm³/mol. The van der Waals surface area contributed by atoms with E-state index >= 15 is 0 Å². The van der Waals surface area contributed by atoms with Crippen molar-refractivity contribution in [3.05, 3.63) is 48.6 Å². The highest BCUT2D eigenvalue weighted by Gasteiger charge is 2.50. The Balaban J connectivity index is 1.95. The summed E-state index contributed by atoms with van der Waals surface area (Å²) in [6, 6.07) is -0.938. The molecule has 0 radical (unpaired) electrons. The minimum absolute atomic E-state index is 0.258. The van der Waals surface area contributed by atoms with Gasteiger partial charge in [0.1, 0.15) is 48.8 Å². The smallest absolute Gasteiger partial charge is 0.220 e. The zero-order valence-electron chi connectivity index (χ0n) is 35.0. The molecule has 0 aromatic rings. The third kappa shape index (κ3) is 20.0. The Labute approximate surface area is 346 Å². The van der Waals surface area contributed by atoms with Crippen LogP contribution in [0.5, 0.6) is 0 Å². The summed E-state index contributed by atoms with van der Waals surface area (Å²) in [5, 5.41) is 86.2. The first-order valence-electron chi connectivity index (χ1n) is 21.9. The van der Waals surface area contributed by atoms with Crippen molar-refractivity contribution in [2.45, 2.75) is 203 Å². The number of hydrogen-bond acceptors (Lipinski definition) is 13. The van der Waals surface area contributed by atoms with E-state index in [0.29, 0.717) is 12.8 Å². The molecular weight excluding hydrogens is 750 g/mol. The fourth-order valence-electron chi connectivity index (χ4n) is 6.79. The molecule has 12 atom stereocenters. The molecule has 2 saturated heterocycles. The molecule has 58 heavy (non-hydrogen) atoms. The molecule has 2 aliphatic rings. The summed E-state index contributed by atoms with van der Waals surface area (Å²) in [6.45, 7) is 2.61. The Morgan fingerprint density at radius 1 is 0.603 bits per heavy atom. The molecule has 12 unspecified atom stereocenters. The van der Waals surface area contributed by atoms with E-state index < -0.39 is 86.8 Å². The number of nitrogens with one attached hydrogen (secondary N) is 1. The van der Waals surface area contributed by atoms with Gasteiger partial charge in [0.25, 0.3) is 0 Å². The second-order valence-corrected chi connectivity index (χ2v) is 15.4. The molecule has 0 aromatic carbocycles. The minimum Gasteiger partial charge on any atom is -0.394 e. The fourth-order valence-corrected chi connectivity index (χ4v) is 6.79. The lowest BCUT2D eigenvalue weighted by molar-refractivity contribution is -0.359. The summed E-state index contributed by atoms with van der Waals surface area (Å²) in [5.41, 5.74) is 0. The standard InChI is InChI=1S/C44H77NO13/c1-3-5-7-9-11-13-15-16-18-20-22-24-26-28-36(49)45-32(33(48)27-25-23-21-19-17-14-12-10-8-6-4-2)31-55-43-41(54)39(52)42(35(30-47)57-43)58-44-40(53)38(51)37(50)34(29-46)56-44/h8,10,13,15,17,19,25,27,32-35,37-44,46-48,50-54H,3-7,9,11-12,14,16,18,20-24,26,28-31H2,1-2H3,(H,45,49)/b10-8+,15-13-,19-17+,27-25+. The number of hydrogen-bond donors (Lipinski definition) is 9. The van der Waals surface area contributed by atoms with Crippen LogP contribution in [0.3, 0.4) is 0 Å². The fraction of sp³-hybridized carbons (Fsp3) is 0.795. The lowest BCUT2D eigenvalue weighted by Gasteiger charge is -2.46. The highest BCUT2D eigenvalue weighted by Crippen LogP contribution is 2.29. The molecule has 1 amide bonds. The lowest BCUT2D eigenvalue weighted by Crippen LogP contribution is -2.65. The van der Waals surface area contributed by atoms with Crippen molar-refractivity contribution < 1.29 is 64.6 Å². The Hall–Kier alpha value is -2.05. The molecule has 2 aliphatic heterocycles. The maximum absolute atomic E-state index is 13.1. The van der Waals surface area contributed by atoms with E-state index in [1.807, 2.05) is 6.08 Å². The second kappa shape index (κ2) is 31.8. The number of aliphatic hydroxyl groups is 8.